The van der Waals surface area contributed by atoms with E-state index in [0.717, 1.165) is 5.56 Å². The van der Waals surface area contributed by atoms with Crippen LogP contribution in [-0.4, -0.2) is 18.2 Å². The predicted octanol–water partition coefficient (Wildman–Crippen LogP) is 3.88. The summed E-state index contributed by atoms with van der Waals surface area (Å²) in [5.41, 5.74) is 2.89. The van der Waals surface area contributed by atoms with Crippen molar-refractivity contribution in [3.63, 3.8) is 0 Å². The van der Waals surface area contributed by atoms with Gasteiger partial charge in [0.2, 0.25) is 0 Å². The highest BCUT2D eigenvalue weighted by molar-refractivity contribution is 6.31. The molecule has 1 heterocycles. The van der Waals surface area contributed by atoms with E-state index in [-0.39, 0.29) is 11.7 Å². The monoisotopic (exact) mass is 299 g/mol. The molecule has 0 unspecified atom stereocenters. The molecule has 106 valence electrons. The second-order valence-electron chi connectivity index (χ2n) is 5.16. The molecule has 0 N–H and O–H groups in total. The second kappa shape index (κ2) is 5.34. The Labute approximate surface area is 128 Å². The van der Waals surface area contributed by atoms with Crippen LogP contribution in [0.5, 0.6) is 0 Å². The number of carbonyl (C=O) groups excluding carboxylic acids is 2. The second-order valence-corrected chi connectivity index (χ2v) is 5.59. The number of fused-ring (bicyclic) bond motifs is 1. The number of nitrogens with zero attached hydrogens (tertiary/aromatic N) is 1. The number of hydrogen-bond donors (Lipinski definition) is 0. The number of rotatable bonds is 1. The minimum atomic E-state index is -0.0916. The lowest BCUT2D eigenvalue weighted by atomic mass is 9.99. The average molecular weight is 300 g/mol. The van der Waals surface area contributed by atoms with Crippen molar-refractivity contribution in [2.24, 2.45) is 0 Å². The number of carbonyl (C=O) groups is 2. The zero-order chi connectivity index (χ0) is 15.0. The fraction of sp³-hybridized carbons (Fsp3) is 0.176. The first kappa shape index (κ1) is 13.8. The highest BCUT2D eigenvalue weighted by atomic mass is 35.5. The predicted molar refractivity (Wildman–Crippen MR) is 83.3 cm³/mol. The number of anilines is 1. The van der Waals surface area contributed by atoms with Gasteiger partial charge in [0.1, 0.15) is 0 Å². The third-order valence-electron chi connectivity index (χ3n) is 3.66. The molecule has 3 rings (SSSR count). The first-order valence-corrected chi connectivity index (χ1v) is 7.15. The van der Waals surface area contributed by atoms with Gasteiger partial charge in [-0.05, 0) is 37.3 Å². The van der Waals surface area contributed by atoms with Gasteiger partial charge in [-0.3, -0.25) is 9.59 Å². The van der Waals surface area contributed by atoms with E-state index in [9.17, 15) is 9.59 Å². The van der Waals surface area contributed by atoms with Gasteiger partial charge in [0.05, 0.1) is 5.69 Å². The Morgan fingerprint density at radius 1 is 1.14 bits per heavy atom. The number of hydrogen-bond acceptors (Lipinski definition) is 2. The first-order chi connectivity index (χ1) is 10.1. The topological polar surface area (TPSA) is 37.4 Å². The van der Waals surface area contributed by atoms with Gasteiger partial charge in [0.25, 0.3) is 5.91 Å². The fourth-order valence-corrected chi connectivity index (χ4v) is 2.67. The highest BCUT2D eigenvalue weighted by Crippen LogP contribution is 2.30. The van der Waals surface area contributed by atoms with Crippen LogP contribution in [0.1, 0.15) is 32.7 Å². The van der Waals surface area contributed by atoms with Crippen molar-refractivity contribution in [2.45, 2.75) is 13.3 Å². The van der Waals surface area contributed by atoms with Crippen LogP contribution in [0.4, 0.5) is 5.69 Å². The Morgan fingerprint density at radius 3 is 2.57 bits per heavy atom. The molecule has 0 atom stereocenters. The number of aryl methyl sites for hydroxylation is 1. The fourth-order valence-electron chi connectivity index (χ4n) is 2.50. The maximum Gasteiger partial charge on any atom is 0.258 e. The molecule has 0 radical (unpaired) electrons. The van der Waals surface area contributed by atoms with E-state index >= 15 is 0 Å². The van der Waals surface area contributed by atoms with Crippen molar-refractivity contribution in [1.29, 1.82) is 0 Å². The standard InChI is InChI=1S/C17H14ClNO2/c1-11-2-4-12(5-3-11)17(21)19-9-8-16(20)14-10-13(18)6-7-15(14)19/h2-7,10H,8-9H2,1H3. The van der Waals surface area contributed by atoms with Crippen LogP contribution in [0.25, 0.3) is 0 Å². The summed E-state index contributed by atoms with van der Waals surface area (Å²) in [4.78, 5) is 26.3. The van der Waals surface area contributed by atoms with Crippen molar-refractivity contribution in [1.82, 2.24) is 0 Å². The van der Waals surface area contributed by atoms with E-state index < -0.39 is 0 Å². The zero-order valence-corrected chi connectivity index (χ0v) is 12.4. The highest BCUT2D eigenvalue weighted by Gasteiger charge is 2.28. The Bertz CT molecular complexity index is 722. The number of halogens is 1. The summed E-state index contributed by atoms with van der Waals surface area (Å²) >= 11 is 5.95. The van der Waals surface area contributed by atoms with E-state index in [1.165, 1.54) is 0 Å². The van der Waals surface area contributed by atoms with E-state index in [1.54, 1.807) is 23.1 Å². The summed E-state index contributed by atoms with van der Waals surface area (Å²) in [5, 5.41) is 0.506. The molecule has 21 heavy (non-hydrogen) atoms. The minimum Gasteiger partial charge on any atom is -0.307 e. The summed E-state index contributed by atoms with van der Waals surface area (Å²) in [7, 11) is 0. The lowest BCUT2D eigenvalue weighted by Gasteiger charge is -2.29. The third-order valence-corrected chi connectivity index (χ3v) is 3.89. The van der Waals surface area contributed by atoms with Gasteiger partial charge in [-0.25, -0.2) is 0 Å². The van der Waals surface area contributed by atoms with E-state index in [2.05, 4.69) is 0 Å². The molecule has 0 aliphatic carbocycles. The number of Topliss-reactive ketones (excluding diaryl/α,β-unsaturated/α-hetero) is 1. The summed E-state index contributed by atoms with van der Waals surface area (Å²) in [5.74, 6) is -0.0634. The molecule has 0 fully saturated rings. The molecule has 2 aromatic rings. The quantitative estimate of drug-likeness (QED) is 0.801. The maximum absolute atomic E-state index is 12.6. The normalized spacial score (nSPS) is 14.0. The Hall–Kier alpha value is -2.13. The molecule has 2 aromatic carbocycles. The third kappa shape index (κ3) is 2.57. The average Bonchev–Trinajstić information content (AvgIpc) is 2.48. The van der Waals surface area contributed by atoms with E-state index in [1.807, 2.05) is 31.2 Å². The molecule has 3 nitrogen and oxygen atoms in total. The molecule has 0 spiro atoms. The van der Waals surface area contributed by atoms with Gasteiger partial charge in [-0.15, -0.1) is 0 Å². The van der Waals surface area contributed by atoms with E-state index in [0.29, 0.717) is 34.8 Å². The maximum atomic E-state index is 12.6. The van der Waals surface area contributed by atoms with Crippen molar-refractivity contribution < 1.29 is 9.59 Å². The zero-order valence-electron chi connectivity index (χ0n) is 11.6. The van der Waals surface area contributed by atoms with Crippen LogP contribution in [-0.2, 0) is 0 Å². The SMILES string of the molecule is Cc1ccc(C(=O)N2CCC(=O)c3cc(Cl)ccc32)cc1. The number of benzene rings is 2. The van der Waals surface area contributed by atoms with Crippen LogP contribution < -0.4 is 4.90 Å². The molecule has 1 aliphatic heterocycles. The van der Waals surface area contributed by atoms with Crippen LogP contribution in [0, 0.1) is 6.92 Å². The van der Waals surface area contributed by atoms with Crippen LogP contribution in [0.3, 0.4) is 0 Å². The summed E-state index contributed by atoms with van der Waals surface area (Å²) in [6.45, 7) is 2.38. The van der Waals surface area contributed by atoms with Crippen molar-refractivity contribution in [2.75, 3.05) is 11.4 Å². The van der Waals surface area contributed by atoms with Gasteiger partial charge in [-0.2, -0.15) is 0 Å². The minimum absolute atomic E-state index is 0.0282. The molecule has 1 amide bonds. The molecule has 1 aliphatic rings. The molecule has 0 bridgehead atoms. The molecule has 0 saturated heterocycles. The Balaban J connectivity index is 2.01. The van der Waals surface area contributed by atoms with Gasteiger partial charge in [0, 0.05) is 29.1 Å². The van der Waals surface area contributed by atoms with Crippen molar-refractivity contribution in [3.8, 4) is 0 Å². The number of ketones is 1. The first-order valence-electron chi connectivity index (χ1n) is 6.77. The van der Waals surface area contributed by atoms with Gasteiger partial charge in [0.15, 0.2) is 5.78 Å². The lowest BCUT2D eigenvalue weighted by Crippen LogP contribution is -2.37. The summed E-state index contributed by atoms with van der Waals surface area (Å²) < 4.78 is 0. The summed E-state index contributed by atoms with van der Waals surface area (Å²) in [6, 6.07) is 12.5. The smallest absolute Gasteiger partial charge is 0.258 e. The van der Waals surface area contributed by atoms with Crippen LogP contribution in [0.15, 0.2) is 42.5 Å². The van der Waals surface area contributed by atoms with E-state index in [4.69, 9.17) is 11.6 Å². The van der Waals surface area contributed by atoms with Gasteiger partial charge in [-0.1, -0.05) is 29.3 Å². The molecular weight excluding hydrogens is 286 g/mol. The molecule has 4 heteroatoms. The Morgan fingerprint density at radius 2 is 1.86 bits per heavy atom. The Kier molecular flexibility index (Phi) is 3.52. The van der Waals surface area contributed by atoms with Gasteiger partial charge >= 0.3 is 0 Å². The van der Waals surface area contributed by atoms with Crippen molar-refractivity contribution in [3.05, 3.63) is 64.2 Å². The van der Waals surface area contributed by atoms with Crippen molar-refractivity contribution >= 4 is 29.0 Å². The largest absolute Gasteiger partial charge is 0.307 e. The molecular formula is C17H14ClNO2. The molecule has 0 aromatic heterocycles. The van der Waals surface area contributed by atoms with Crippen LogP contribution in [0.2, 0.25) is 5.02 Å². The summed E-state index contributed by atoms with van der Waals surface area (Å²) in [6.07, 6.45) is 0.324. The van der Waals surface area contributed by atoms with Gasteiger partial charge < -0.3 is 4.90 Å². The number of amides is 1. The molecule has 0 saturated carbocycles. The van der Waals surface area contributed by atoms with Crippen LogP contribution >= 0.6 is 11.6 Å². The lowest BCUT2D eigenvalue weighted by molar-refractivity contribution is 0.0955.